The van der Waals surface area contributed by atoms with E-state index < -0.39 is 10.9 Å². The normalized spacial score (nSPS) is 13.9. The summed E-state index contributed by atoms with van der Waals surface area (Å²) in [5.74, 6) is -0.973. The predicted molar refractivity (Wildman–Crippen MR) is 114 cm³/mol. The number of ether oxygens (including phenoxy) is 1. The van der Waals surface area contributed by atoms with E-state index in [2.05, 4.69) is 0 Å². The first-order chi connectivity index (χ1) is 14.2. The Morgan fingerprint density at radius 1 is 1.03 bits per heavy atom. The zero-order valence-electron chi connectivity index (χ0n) is 15.7. The third-order valence-corrected chi connectivity index (χ3v) is 5.41. The maximum Gasteiger partial charge on any atom is 0.343 e. The minimum atomic E-state index is -0.850. The molecule has 1 aliphatic rings. The maximum atomic E-state index is 12.5. The lowest BCUT2D eigenvalue weighted by molar-refractivity contribution is -0.384. The van der Waals surface area contributed by atoms with Crippen molar-refractivity contribution in [1.29, 1.82) is 0 Å². The average molecular weight is 473 g/mol. The number of carbonyl (C=O) groups is 2. The molecular formula is C19H16Cl3N3O5. The number of halogens is 3. The molecule has 0 N–H and O–H groups in total. The SMILES string of the molecule is CC(=O)N1CCN(c2ccc(C(=O)Oc3c(Cl)cc(Cl)cc3Cl)cc2[N+](=O)[O-])CC1. The molecule has 1 amide bonds. The van der Waals surface area contributed by atoms with E-state index in [1.165, 1.54) is 31.2 Å². The van der Waals surface area contributed by atoms with E-state index in [9.17, 15) is 19.7 Å². The highest BCUT2D eigenvalue weighted by molar-refractivity contribution is 6.40. The lowest BCUT2D eigenvalue weighted by atomic mass is 10.1. The number of carbonyl (C=O) groups excluding carboxylic acids is 2. The highest BCUT2D eigenvalue weighted by Gasteiger charge is 2.26. The molecule has 0 unspecified atom stereocenters. The van der Waals surface area contributed by atoms with Crippen molar-refractivity contribution in [3.63, 3.8) is 0 Å². The zero-order chi connectivity index (χ0) is 22.0. The summed E-state index contributed by atoms with van der Waals surface area (Å²) in [5.41, 5.74) is 0.0891. The molecule has 0 aliphatic carbocycles. The summed E-state index contributed by atoms with van der Waals surface area (Å²) >= 11 is 17.9. The van der Waals surface area contributed by atoms with Crippen molar-refractivity contribution in [3.8, 4) is 5.75 Å². The molecule has 1 saturated heterocycles. The Hall–Kier alpha value is -2.55. The fourth-order valence-electron chi connectivity index (χ4n) is 3.10. The molecule has 0 saturated carbocycles. The average Bonchev–Trinajstić information content (AvgIpc) is 2.70. The van der Waals surface area contributed by atoms with Crippen LogP contribution in [0.1, 0.15) is 17.3 Å². The molecule has 11 heteroatoms. The molecule has 0 atom stereocenters. The Labute approximate surface area is 187 Å². The van der Waals surface area contributed by atoms with Crippen LogP contribution < -0.4 is 9.64 Å². The van der Waals surface area contributed by atoms with Crippen molar-refractivity contribution in [3.05, 3.63) is 61.1 Å². The van der Waals surface area contributed by atoms with Gasteiger partial charge in [-0.25, -0.2) is 4.79 Å². The van der Waals surface area contributed by atoms with Gasteiger partial charge in [0.1, 0.15) is 5.69 Å². The summed E-state index contributed by atoms with van der Waals surface area (Å²) in [6.07, 6.45) is 0. The van der Waals surface area contributed by atoms with Crippen molar-refractivity contribution in [2.75, 3.05) is 31.1 Å². The molecule has 2 aromatic rings. The number of rotatable bonds is 4. The summed E-state index contributed by atoms with van der Waals surface area (Å²) in [4.78, 5) is 38.5. The van der Waals surface area contributed by atoms with Crippen LogP contribution in [0.3, 0.4) is 0 Å². The first-order valence-electron chi connectivity index (χ1n) is 8.83. The number of amides is 1. The van der Waals surface area contributed by atoms with Gasteiger partial charge in [0.25, 0.3) is 5.69 Å². The largest absolute Gasteiger partial charge is 0.420 e. The molecule has 0 radical (unpaired) electrons. The van der Waals surface area contributed by atoms with Crippen LogP contribution in [0.5, 0.6) is 5.75 Å². The second kappa shape index (κ2) is 9.07. The van der Waals surface area contributed by atoms with Gasteiger partial charge in [0, 0.05) is 44.2 Å². The van der Waals surface area contributed by atoms with Gasteiger partial charge in [-0.15, -0.1) is 0 Å². The summed E-state index contributed by atoms with van der Waals surface area (Å²) in [7, 11) is 0. The van der Waals surface area contributed by atoms with Gasteiger partial charge >= 0.3 is 5.97 Å². The van der Waals surface area contributed by atoms with E-state index in [0.717, 1.165) is 6.07 Å². The van der Waals surface area contributed by atoms with Crippen LogP contribution in [0.15, 0.2) is 30.3 Å². The molecule has 30 heavy (non-hydrogen) atoms. The van der Waals surface area contributed by atoms with Crippen molar-refractivity contribution < 1.29 is 19.2 Å². The minimum Gasteiger partial charge on any atom is -0.420 e. The number of benzene rings is 2. The Kier molecular flexibility index (Phi) is 6.70. The number of nitrogens with zero attached hydrogens (tertiary/aromatic N) is 3. The second-order valence-corrected chi connectivity index (χ2v) is 7.79. The highest BCUT2D eigenvalue weighted by Crippen LogP contribution is 2.37. The lowest BCUT2D eigenvalue weighted by Crippen LogP contribution is -2.48. The maximum absolute atomic E-state index is 12.5. The predicted octanol–water partition coefficient (Wildman–Crippen LogP) is 4.44. The van der Waals surface area contributed by atoms with Gasteiger partial charge in [0.2, 0.25) is 5.91 Å². The Bertz CT molecular complexity index is 999. The van der Waals surface area contributed by atoms with Crippen LogP contribution in [-0.2, 0) is 4.79 Å². The van der Waals surface area contributed by atoms with Crippen LogP contribution in [0.4, 0.5) is 11.4 Å². The topological polar surface area (TPSA) is 93.0 Å². The molecule has 8 nitrogen and oxygen atoms in total. The number of hydrogen-bond acceptors (Lipinski definition) is 6. The van der Waals surface area contributed by atoms with Gasteiger partial charge in [0.05, 0.1) is 20.5 Å². The van der Waals surface area contributed by atoms with Crippen molar-refractivity contribution >= 4 is 58.1 Å². The molecule has 1 aliphatic heterocycles. The smallest absolute Gasteiger partial charge is 0.343 e. The van der Waals surface area contributed by atoms with E-state index >= 15 is 0 Å². The quantitative estimate of drug-likeness (QED) is 0.283. The van der Waals surface area contributed by atoms with Crippen LogP contribution in [0, 0.1) is 10.1 Å². The number of anilines is 1. The molecule has 1 heterocycles. The van der Waals surface area contributed by atoms with Crippen molar-refractivity contribution in [2.24, 2.45) is 0 Å². The van der Waals surface area contributed by atoms with E-state index in [1.54, 1.807) is 9.80 Å². The molecule has 2 aromatic carbocycles. The fourth-order valence-corrected chi connectivity index (χ4v) is 4.00. The van der Waals surface area contributed by atoms with E-state index in [0.29, 0.717) is 31.9 Å². The Balaban J connectivity index is 1.84. The van der Waals surface area contributed by atoms with Crippen LogP contribution in [0.25, 0.3) is 0 Å². The highest BCUT2D eigenvalue weighted by atomic mass is 35.5. The Morgan fingerprint density at radius 2 is 1.63 bits per heavy atom. The number of nitro groups is 1. The van der Waals surface area contributed by atoms with Gasteiger partial charge < -0.3 is 14.5 Å². The van der Waals surface area contributed by atoms with E-state index in [4.69, 9.17) is 39.5 Å². The van der Waals surface area contributed by atoms with Crippen LogP contribution >= 0.6 is 34.8 Å². The van der Waals surface area contributed by atoms with Crippen LogP contribution in [-0.4, -0.2) is 47.9 Å². The molecule has 0 bridgehead atoms. The summed E-state index contributed by atoms with van der Waals surface area (Å²) in [5, 5.41) is 12.0. The van der Waals surface area contributed by atoms with Crippen LogP contribution in [0.2, 0.25) is 15.1 Å². The van der Waals surface area contributed by atoms with Gasteiger partial charge in [-0.1, -0.05) is 34.8 Å². The molecule has 158 valence electrons. The third kappa shape index (κ3) is 4.77. The fraction of sp³-hybridized carbons (Fsp3) is 0.263. The number of piperazine rings is 1. The lowest BCUT2D eigenvalue weighted by Gasteiger charge is -2.35. The summed E-state index contributed by atoms with van der Waals surface area (Å²) in [6.45, 7) is 3.30. The van der Waals surface area contributed by atoms with Gasteiger partial charge in [-0.05, 0) is 24.3 Å². The standard InChI is InChI=1S/C19H16Cl3N3O5/c1-11(26)23-4-6-24(7-5-23)16-3-2-12(8-17(16)25(28)29)19(27)30-18-14(21)9-13(20)10-15(18)22/h2-3,8-10H,4-7H2,1H3. The first-order valence-corrected chi connectivity index (χ1v) is 9.96. The molecule has 3 rings (SSSR count). The summed E-state index contributed by atoms with van der Waals surface area (Å²) in [6, 6.07) is 6.80. The molecule has 1 fully saturated rings. The summed E-state index contributed by atoms with van der Waals surface area (Å²) < 4.78 is 5.24. The van der Waals surface area contributed by atoms with Crippen molar-refractivity contribution in [2.45, 2.75) is 6.92 Å². The van der Waals surface area contributed by atoms with Gasteiger partial charge in [-0.3, -0.25) is 14.9 Å². The van der Waals surface area contributed by atoms with Gasteiger partial charge in [-0.2, -0.15) is 0 Å². The number of hydrogen-bond donors (Lipinski definition) is 0. The number of nitro benzene ring substituents is 1. The molecule has 0 aromatic heterocycles. The number of esters is 1. The first kappa shape index (κ1) is 22.1. The zero-order valence-corrected chi connectivity index (χ0v) is 18.0. The van der Waals surface area contributed by atoms with Gasteiger partial charge in [0.15, 0.2) is 5.75 Å². The monoisotopic (exact) mass is 471 g/mol. The molecular weight excluding hydrogens is 457 g/mol. The third-order valence-electron chi connectivity index (χ3n) is 4.63. The van der Waals surface area contributed by atoms with E-state index in [-0.39, 0.29) is 38.0 Å². The second-order valence-electron chi connectivity index (χ2n) is 6.54. The Morgan fingerprint density at radius 3 is 2.17 bits per heavy atom. The molecule has 0 spiro atoms. The van der Waals surface area contributed by atoms with Crippen molar-refractivity contribution in [1.82, 2.24) is 4.90 Å². The minimum absolute atomic E-state index is 0.0325. The van der Waals surface area contributed by atoms with E-state index in [1.807, 2.05) is 0 Å².